The standard InChI is InChI=1S/C20H25N3O2S3/c1-5-6-8-23-19(25)17-13(2)14(3)28-18(17)21-20(23)27-12-16(24)22(4)10-15-7-9-26-11-15/h7,9,11H,5-6,8,10,12H2,1-4H3. The van der Waals surface area contributed by atoms with Gasteiger partial charge in [0.05, 0.1) is 11.1 Å². The van der Waals surface area contributed by atoms with Gasteiger partial charge in [-0.1, -0.05) is 25.1 Å². The number of aromatic nitrogens is 2. The second kappa shape index (κ2) is 9.24. The summed E-state index contributed by atoms with van der Waals surface area (Å²) in [5, 5.41) is 5.43. The summed E-state index contributed by atoms with van der Waals surface area (Å²) in [6.45, 7) is 7.34. The van der Waals surface area contributed by atoms with Crippen LogP contribution in [-0.4, -0.2) is 33.2 Å². The first-order valence-electron chi connectivity index (χ1n) is 9.30. The maximum Gasteiger partial charge on any atom is 0.263 e. The van der Waals surface area contributed by atoms with Gasteiger partial charge in [-0.05, 0) is 48.2 Å². The topological polar surface area (TPSA) is 55.2 Å². The molecule has 5 nitrogen and oxygen atoms in total. The third-order valence-electron chi connectivity index (χ3n) is 4.74. The van der Waals surface area contributed by atoms with Crippen LogP contribution in [0.1, 0.15) is 35.8 Å². The number of unbranched alkanes of at least 4 members (excludes halogenated alkanes) is 1. The zero-order valence-electron chi connectivity index (χ0n) is 16.7. The molecule has 3 aromatic heterocycles. The van der Waals surface area contributed by atoms with E-state index in [2.05, 4.69) is 12.3 Å². The monoisotopic (exact) mass is 435 g/mol. The first-order chi connectivity index (χ1) is 13.4. The van der Waals surface area contributed by atoms with Crippen molar-refractivity contribution in [1.29, 1.82) is 0 Å². The van der Waals surface area contributed by atoms with Crippen molar-refractivity contribution >= 4 is 50.6 Å². The molecule has 3 rings (SSSR count). The largest absolute Gasteiger partial charge is 0.341 e. The predicted molar refractivity (Wildman–Crippen MR) is 120 cm³/mol. The molecule has 0 aliphatic heterocycles. The minimum absolute atomic E-state index is 0.0156. The lowest BCUT2D eigenvalue weighted by molar-refractivity contribution is -0.127. The Kier molecular flexibility index (Phi) is 6.95. The fraction of sp³-hybridized carbons (Fsp3) is 0.450. The van der Waals surface area contributed by atoms with Crippen molar-refractivity contribution < 1.29 is 4.79 Å². The number of nitrogens with zero attached hydrogens (tertiary/aromatic N) is 3. The van der Waals surface area contributed by atoms with Crippen LogP contribution in [0.4, 0.5) is 0 Å². The Hall–Kier alpha value is -1.64. The maximum atomic E-state index is 13.1. The lowest BCUT2D eigenvalue weighted by Gasteiger charge is -2.17. The number of hydrogen-bond acceptors (Lipinski definition) is 6. The molecule has 0 saturated heterocycles. The molecule has 150 valence electrons. The summed E-state index contributed by atoms with van der Waals surface area (Å²) in [7, 11) is 1.81. The smallest absolute Gasteiger partial charge is 0.263 e. The van der Waals surface area contributed by atoms with Crippen molar-refractivity contribution in [3.05, 3.63) is 43.2 Å². The van der Waals surface area contributed by atoms with E-state index in [1.54, 1.807) is 32.1 Å². The molecule has 0 saturated carbocycles. The molecule has 3 aromatic rings. The molecule has 0 aromatic carbocycles. The summed E-state index contributed by atoms with van der Waals surface area (Å²) in [4.78, 5) is 34.0. The summed E-state index contributed by atoms with van der Waals surface area (Å²) in [5.41, 5.74) is 2.17. The molecule has 0 atom stereocenters. The number of amides is 1. The highest BCUT2D eigenvalue weighted by molar-refractivity contribution is 7.99. The van der Waals surface area contributed by atoms with E-state index in [4.69, 9.17) is 4.98 Å². The quantitative estimate of drug-likeness (QED) is 0.381. The number of rotatable bonds is 8. The van der Waals surface area contributed by atoms with Crippen molar-refractivity contribution in [1.82, 2.24) is 14.5 Å². The normalized spacial score (nSPS) is 11.3. The van der Waals surface area contributed by atoms with Crippen molar-refractivity contribution in [2.24, 2.45) is 0 Å². The molecular weight excluding hydrogens is 410 g/mol. The maximum absolute atomic E-state index is 13.1. The van der Waals surface area contributed by atoms with Crippen LogP contribution in [0.3, 0.4) is 0 Å². The Morgan fingerprint density at radius 2 is 2.14 bits per heavy atom. The van der Waals surface area contributed by atoms with E-state index in [-0.39, 0.29) is 17.2 Å². The van der Waals surface area contributed by atoms with E-state index in [1.165, 1.54) is 11.8 Å². The van der Waals surface area contributed by atoms with Crippen molar-refractivity contribution in [3.63, 3.8) is 0 Å². The van der Waals surface area contributed by atoms with Gasteiger partial charge in [0.25, 0.3) is 5.56 Å². The van der Waals surface area contributed by atoms with E-state index in [0.717, 1.165) is 39.1 Å². The van der Waals surface area contributed by atoms with Crippen LogP contribution in [0, 0.1) is 13.8 Å². The minimum Gasteiger partial charge on any atom is -0.341 e. The average Bonchev–Trinajstić information content (AvgIpc) is 3.27. The number of aryl methyl sites for hydroxylation is 2. The summed E-state index contributed by atoms with van der Waals surface area (Å²) < 4.78 is 1.75. The summed E-state index contributed by atoms with van der Waals surface area (Å²) >= 11 is 4.54. The molecule has 3 heterocycles. The zero-order valence-corrected chi connectivity index (χ0v) is 19.1. The Bertz CT molecular complexity index is 1020. The Labute approximate surface area is 177 Å². The molecule has 0 spiro atoms. The first kappa shape index (κ1) is 21.1. The van der Waals surface area contributed by atoms with Gasteiger partial charge in [-0.25, -0.2) is 4.98 Å². The zero-order chi connectivity index (χ0) is 20.3. The van der Waals surface area contributed by atoms with Gasteiger partial charge in [-0.15, -0.1) is 11.3 Å². The number of hydrogen-bond donors (Lipinski definition) is 0. The third-order valence-corrected chi connectivity index (χ3v) is 7.53. The predicted octanol–water partition coefficient (Wildman–Crippen LogP) is 4.69. The van der Waals surface area contributed by atoms with Crippen molar-refractivity contribution in [2.45, 2.75) is 51.9 Å². The highest BCUT2D eigenvalue weighted by Gasteiger charge is 2.18. The molecular formula is C20H25N3O2S3. The van der Waals surface area contributed by atoms with Crippen LogP contribution in [-0.2, 0) is 17.9 Å². The Morgan fingerprint density at radius 1 is 1.36 bits per heavy atom. The molecule has 0 fully saturated rings. The molecule has 0 unspecified atom stereocenters. The molecule has 0 aliphatic carbocycles. The second-order valence-corrected chi connectivity index (χ2v) is 9.76. The van der Waals surface area contributed by atoms with Crippen LogP contribution in [0.5, 0.6) is 0 Å². The van der Waals surface area contributed by atoms with Gasteiger partial charge in [0.2, 0.25) is 5.91 Å². The number of thioether (sulfide) groups is 1. The van der Waals surface area contributed by atoms with E-state index >= 15 is 0 Å². The van der Waals surface area contributed by atoms with Gasteiger partial charge in [-0.2, -0.15) is 11.3 Å². The van der Waals surface area contributed by atoms with E-state index in [0.29, 0.717) is 18.2 Å². The van der Waals surface area contributed by atoms with Crippen molar-refractivity contribution in [3.8, 4) is 0 Å². The Balaban J connectivity index is 1.82. The molecule has 0 radical (unpaired) electrons. The summed E-state index contributed by atoms with van der Waals surface area (Å²) in [6, 6.07) is 2.03. The van der Waals surface area contributed by atoms with Crippen molar-refractivity contribution in [2.75, 3.05) is 12.8 Å². The molecule has 0 bridgehead atoms. The molecule has 0 aliphatic rings. The van der Waals surface area contributed by atoms with Gasteiger partial charge in [-0.3, -0.25) is 14.2 Å². The van der Waals surface area contributed by atoms with Gasteiger partial charge < -0.3 is 4.90 Å². The van der Waals surface area contributed by atoms with Crippen LogP contribution in [0.15, 0.2) is 26.8 Å². The fourth-order valence-electron chi connectivity index (χ4n) is 2.91. The van der Waals surface area contributed by atoms with Gasteiger partial charge in [0.15, 0.2) is 5.16 Å². The van der Waals surface area contributed by atoms with Gasteiger partial charge >= 0.3 is 0 Å². The van der Waals surface area contributed by atoms with Crippen LogP contribution in [0.2, 0.25) is 0 Å². The van der Waals surface area contributed by atoms with Gasteiger partial charge in [0.1, 0.15) is 4.83 Å². The third kappa shape index (κ3) is 4.50. The van der Waals surface area contributed by atoms with Crippen LogP contribution < -0.4 is 5.56 Å². The number of thiophene rings is 2. The number of carbonyl (C=O) groups excluding carboxylic acids is 1. The van der Waals surface area contributed by atoms with E-state index < -0.39 is 0 Å². The number of fused-ring (bicyclic) bond motifs is 1. The highest BCUT2D eigenvalue weighted by atomic mass is 32.2. The van der Waals surface area contributed by atoms with E-state index in [9.17, 15) is 9.59 Å². The second-order valence-electron chi connectivity index (χ2n) is 6.84. The molecule has 8 heteroatoms. The van der Waals surface area contributed by atoms with Crippen LogP contribution in [0.25, 0.3) is 10.2 Å². The van der Waals surface area contributed by atoms with Gasteiger partial charge in [0, 0.05) is 25.0 Å². The highest BCUT2D eigenvalue weighted by Crippen LogP contribution is 2.28. The SMILES string of the molecule is CCCCn1c(SCC(=O)N(C)Cc2ccsc2)nc2sc(C)c(C)c2c1=O. The summed E-state index contributed by atoms with van der Waals surface area (Å²) in [6.07, 6.45) is 1.91. The number of carbonyl (C=O) groups is 1. The fourth-order valence-corrected chi connectivity index (χ4v) is 5.61. The lowest BCUT2D eigenvalue weighted by atomic mass is 10.2. The lowest BCUT2D eigenvalue weighted by Crippen LogP contribution is -2.28. The molecule has 1 amide bonds. The molecule has 0 N–H and O–H groups in total. The minimum atomic E-state index is 0.0156. The first-order valence-corrected chi connectivity index (χ1v) is 12.0. The average molecular weight is 436 g/mol. The van der Waals surface area contributed by atoms with E-state index in [1.807, 2.05) is 32.3 Å². The molecule has 28 heavy (non-hydrogen) atoms. The summed E-state index contributed by atoms with van der Waals surface area (Å²) in [5.74, 6) is 0.305. The Morgan fingerprint density at radius 3 is 2.82 bits per heavy atom. The van der Waals surface area contributed by atoms with Crippen LogP contribution >= 0.6 is 34.4 Å².